The van der Waals surface area contributed by atoms with Crippen LogP contribution < -0.4 is 5.32 Å². The first-order chi connectivity index (χ1) is 7.84. The number of aromatic nitrogens is 5. The van der Waals surface area contributed by atoms with Gasteiger partial charge in [0.25, 0.3) is 0 Å². The Morgan fingerprint density at radius 2 is 2.50 bits per heavy atom. The first kappa shape index (κ1) is 9.53. The lowest BCUT2D eigenvalue weighted by Crippen LogP contribution is -2.32. The molecule has 1 aliphatic heterocycles. The van der Waals surface area contributed by atoms with Gasteiger partial charge in [-0.25, -0.2) is 14.6 Å². The van der Waals surface area contributed by atoms with Gasteiger partial charge in [0.2, 0.25) is 0 Å². The summed E-state index contributed by atoms with van der Waals surface area (Å²) in [6, 6.07) is 0.332. The van der Waals surface area contributed by atoms with Crippen LogP contribution in [0.5, 0.6) is 0 Å². The predicted octanol–water partition coefficient (Wildman–Crippen LogP) is 0.187. The lowest BCUT2D eigenvalue weighted by Gasteiger charge is -2.23. The molecule has 0 amide bonds. The highest BCUT2D eigenvalue weighted by Crippen LogP contribution is 2.17. The average molecular weight is 218 g/mol. The van der Waals surface area contributed by atoms with Gasteiger partial charge in [0.05, 0.1) is 24.5 Å². The molecule has 2 aromatic heterocycles. The molecule has 1 unspecified atom stereocenters. The number of imidazole rings is 1. The second kappa shape index (κ2) is 3.71. The molecule has 3 rings (SSSR count). The van der Waals surface area contributed by atoms with E-state index in [9.17, 15) is 0 Å². The Kier molecular flexibility index (Phi) is 2.21. The smallest absolute Gasteiger partial charge is 0.137 e. The Morgan fingerprint density at radius 3 is 3.31 bits per heavy atom. The van der Waals surface area contributed by atoms with Crippen molar-refractivity contribution in [3.8, 4) is 0 Å². The van der Waals surface area contributed by atoms with Crippen molar-refractivity contribution in [3.05, 3.63) is 30.4 Å². The monoisotopic (exact) mass is 218 g/mol. The van der Waals surface area contributed by atoms with Crippen molar-refractivity contribution in [2.24, 2.45) is 0 Å². The van der Waals surface area contributed by atoms with Gasteiger partial charge >= 0.3 is 0 Å². The standard InChI is InChI=1S/C10H14N6/c1-8-10-13-4-9(16(10)3-2-12-8)5-15-7-11-6-14-15/h4,6-8,12H,2-3,5H2,1H3. The topological polar surface area (TPSA) is 60.6 Å². The van der Waals surface area contributed by atoms with Gasteiger partial charge in [-0.05, 0) is 6.92 Å². The Morgan fingerprint density at radius 1 is 1.56 bits per heavy atom. The van der Waals surface area contributed by atoms with E-state index in [0.717, 1.165) is 25.5 Å². The molecular formula is C10H14N6. The van der Waals surface area contributed by atoms with Crippen LogP contribution in [-0.4, -0.2) is 30.9 Å². The second-order valence-electron chi connectivity index (χ2n) is 4.03. The fourth-order valence-corrected chi connectivity index (χ4v) is 2.12. The number of hydrogen-bond acceptors (Lipinski definition) is 4. The van der Waals surface area contributed by atoms with E-state index < -0.39 is 0 Å². The molecule has 0 saturated carbocycles. The molecule has 84 valence electrons. The van der Waals surface area contributed by atoms with E-state index in [2.05, 4.69) is 31.9 Å². The van der Waals surface area contributed by atoms with Gasteiger partial charge < -0.3 is 9.88 Å². The fourth-order valence-electron chi connectivity index (χ4n) is 2.12. The summed E-state index contributed by atoms with van der Waals surface area (Å²) in [7, 11) is 0. The highest BCUT2D eigenvalue weighted by atomic mass is 15.3. The quantitative estimate of drug-likeness (QED) is 0.781. The molecule has 1 atom stereocenters. The predicted molar refractivity (Wildman–Crippen MR) is 57.8 cm³/mol. The first-order valence-corrected chi connectivity index (χ1v) is 5.44. The first-order valence-electron chi connectivity index (χ1n) is 5.44. The molecule has 3 heterocycles. The fraction of sp³-hybridized carbons (Fsp3) is 0.500. The van der Waals surface area contributed by atoms with E-state index in [4.69, 9.17) is 0 Å². The van der Waals surface area contributed by atoms with E-state index in [1.54, 1.807) is 12.7 Å². The molecule has 1 aliphatic rings. The Hall–Kier alpha value is -1.69. The number of nitrogens with zero attached hydrogens (tertiary/aromatic N) is 5. The third-order valence-corrected chi connectivity index (χ3v) is 2.93. The maximum absolute atomic E-state index is 4.46. The van der Waals surface area contributed by atoms with Gasteiger partial charge in [-0.3, -0.25) is 0 Å². The summed E-state index contributed by atoms with van der Waals surface area (Å²) < 4.78 is 4.08. The summed E-state index contributed by atoms with van der Waals surface area (Å²) in [4.78, 5) is 8.40. The third-order valence-electron chi connectivity index (χ3n) is 2.93. The van der Waals surface area contributed by atoms with Crippen molar-refractivity contribution in [2.75, 3.05) is 6.54 Å². The SMILES string of the molecule is CC1NCCn2c(Cn3cncn3)cnc21. The van der Waals surface area contributed by atoms with Gasteiger partial charge in [-0.2, -0.15) is 5.10 Å². The number of nitrogens with one attached hydrogen (secondary N) is 1. The largest absolute Gasteiger partial charge is 0.328 e. The van der Waals surface area contributed by atoms with Crippen molar-refractivity contribution in [3.63, 3.8) is 0 Å². The van der Waals surface area contributed by atoms with E-state index in [1.165, 1.54) is 5.69 Å². The summed E-state index contributed by atoms with van der Waals surface area (Å²) in [5, 5.41) is 7.50. The molecule has 0 bridgehead atoms. The molecule has 0 spiro atoms. The number of rotatable bonds is 2. The zero-order valence-electron chi connectivity index (χ0n) is 9.17. The molecule has 0 fully saturated rings. The molecule has 6 nitrogen and oxygen atoms in total. The van der Waals surface area contributed by atoms with Crippen molar-refractivity contribution >= 4 is 0 Å². The van der Waals surface area contributed by atoms with Crippen molar-refractivity contribution in [1.29, 1.82) is 0 Å². The van der Waals surface area contributed by atoms with Gasteiger partial charge in [0.1, 0.15) is 18.5 Å². The summed E-state index contributed by atoms with van der Waals surface area (Å²) in [6.45, 7) is 4.84. The summed E-state index contributed by atoms with van der Waals surface area (Å²) in [6.07, 6.45) is 5.21. The van der Waals surface area contributed by atoms with Crippen molar-refractivity contribution in [2.45, 2.75) is 26.1 Å². The van der Waals surface area contributed by atoms with Crippen LogP contribution in [0.1, 0.15) is 24.5 Å². The zero-order chi connectivity index (χ0) is 11.0. The van der Waals surface area contributed by atoms with E-state index >= 15 is 0 Å². The van der Waals surface area contributed by atoms with Crippen LogP contribution in [0.3, 0.4) is 0 Å². The van der Waals surface area contributed by atoms with Gasteiger partial charge in [-0.1, -0.05) is 0 Å². The highest BCUT2D eigenvalue weighted by molar-refractivity contribution is 5.10. The second-order valence-corrected chi connectivity index (χ2v) is 4.03. The maximum Gasteiger partial charge on any atom is 0.137 e. The molecular weight excluding hydrogens is 204 g/mol. The Labute approximate surface area is 93.3 Å². The Balaban J connectivity index is 1.91. The van der Waals surface area contributed by atoms with Gasteiger partial charge in [0.15, 0.2) is 0 Å². The van der Waals surface area contributed by atoms with Gasteiger partial charge in [0, 0.05) is 13.1 Å². The average Bonchev–Trinajstić information content (AvgIpc) is 2.90. The molecule has 0 aliphatic carbocycles. The molecule has 0 radical (unpaired) electrons. The van der Waals surface area contributed by atoms with E-state index in [0.29, 0.717) is 6.04 Å². The Bertz CT molecular complexity index is 471. The third kappa shape index (κ3) is 1.51. The van der Waals surface area contributed by atoms with E-state index in [-0.39, 0.29) is 0 Å². The minimum absolute atomic E-state index is 0.332. The van der Waals surface area contributed by atoms with E-state index in [1.807, 2.05) is 10.9 Å². The molecule has 0 aromatic carbocycles. The van der Waals surface area contributed by atoms with Crippen molar-refractivity contribution < 1.29 is 0 Å². The lowest BCUT2D eigenvalue weighted by atomic mass is 10.2. The van der Waals surface area contributed by atoms with Crippen LogP contribution >= 0.6 is 0 Å². The normalized spacial score (nSPS) is 19.7. The molecule has 0 saturated heterocycles. The van der Waals surface area contributed by atoms with Crippen LogP contribution in [-0.2, 0) is 13.1 Å². The van der Waals surface area contributed by atoms with Gasteiger partial charge in [-0.15, -0.1) is 0 Å². The molecule has 6 heteroatoms. The molecule has 16 heavy (non-hydrogen) atoms. The number of fused-ring (bicyclic) bond motifs is 1. The van der Waals surface area contributed by atoms with Crippen LogP contribution in [0, 0.1) is 0 Å². The van der Waals surface area contributed by atoms with Crippen LogP contribution in [0.25, 0.3) is 0 Å². The minimum atomic E-state index is 0.332. The summed E-state index contributed by atoms with van der Waals surface area (Å²) in [5.41, 5.74) is 1.19. The number of hydrogen-bond donors (Lipinski definition) is 1. The highest BCUT2D eigenvalue weighted by Gasteiger charge is 2.19. The summed E-state index contributed by atoms with van der Waals surface area (Å²) >= 11 is 0. The van der Waals surface area contributed by atoms with Crippen LogP contribution in [0.15, 0.2) is 18.9 Å². The lowest BCUT2D eigenvalue weighted by molar-refractivity contribution is 0.425. The van der Waals surface area contributed by atoms with Crippen LogP contribution in [0.2, 0.25) is 0 Å². The zero-order valence-corrected chi connectivity index (χ0v) is 9.17. The molecule has 2 aromatic rings. The summed E-state index contributed by atoms with van der Waals surface area (Å²) in [5.74, 6) is 1.11. The minimum Gasteiger partial charge on any atom is -0.328 e. The maximum atomic E-state index is 4.46. The van der Waals surface area contributed by atoms with Crippen LogP contribution in [0.4, 0.5) is 0 Å². The molecule has 1 N–H and O–H groups in total. The van der Waals surface area contributed by atoms with Crippen molar-refractivity contribution in [1.82, 2.24) is 29.6 Å².